The maximum atomic E-state index is 13.5. The topological polar surface area (TPSA) is 84.2 Å². The van der Waals surface area contributed by atoms with Crippen molar-refractivity contribution in [1.82, 2.24) is 9.78 Å². The SMILES string of the molecule is Cc1cc(C)c(C(=O)O)cc1NC(=O)c1cnn(CC(C)C)c1C(F)F. The number of halogens is 2. The number of aryl methyl sites for hydroxylation is 2. The number of amides is 1. The van der Waals surface area contributed by atoms with Gasteiger partial charge >= 0.3 is 5.97 Å². The average molecular weight is 365 g/mol. The fraction of sp³-hybridized carbons (Fsp3) is 0.389. The van der Waals surface area contributed by atoms with E-state index in [-0.39, 0.29) is 29.3 Å². The maximum Gasteiger partial charge on any atom is 0.336 e. The lowest BCUT2D eigenvalue weighted by Gasteiger charge is -2.13. The van der Waals surface area contributed by atoms with E-state index in [1.165, 1.54) is 6.07 Å². The zero-order valence-electron chi connectivity index (χ0n) is 15.0. The largest absolute Gasteiger partial charge is 0.478 e. The summed E-state index contributed by atoms with van der Waals surface area (Å²) in [4.78, 5) is 23.8. The molecule has 8 heteroatoms. The summed E-state index contributed by atoms with van der Waals surface area (Å²) < 4.78 is 28.0. The zero-order chi connectivity index (χ0) is 19.6. The quantitative estimate of drug-likeness (QED) is 0.809. The number of carboxylic acid groups (broad SMARTS) is 1. The number of anilines is 1. The van der Waals surface area contributed by atoms with Crippen LogP contribution in [0.3, 0.4) is 0 Å². The van der Waals surface area contributed by atoms with Crippen LogP contribution in [-0.2, 0) is 6.54 Å². The predicted molar refractivity (Wildman–Crippen MR) is 92.9 cm³/mol. The third-order valence-corrected chi connectivity index (χ3v) is 3.92. The molecule has 2 N–H and O–H groups in total. The first-order valence-electron chi connectivity index (χ1n) is 8.11. The van der Waals surface area contributed by atoms with E-state index in [2.05, 4.69) is 10.4 Å². The highest BCUT2D eigenvalue weighted by Gasteiger charge is 2.25. The van der Waals surface area contributed by atoms with Crippen molar-refractivity contribution in [3.8, 4) is 0 Å². The Balaban J connectivity index is 2.38. The number of aromatic carboxylic acids is 1. The van der Waals surface area contributed by atoms with Crippen LogP contribution in [-0.4, -0.2) is 26.8 Å². The second-order valence-electron chi connectivity index (χ2n) is 6.56. The molecule has 0 atom stereocenters. The second-order valence-corrected chi connectivity index (χ2v) is 6.56. The molecule has 0 aliphatic rings. The molecule has 140 valence electrons. The second kappa shape index (κ2) is 7.63. The molecule has 2 aromatic rings. The molecular weight excluding hydrogens is 344 g/mol. The van der Waals surface area contributed by atoms with Crippen molar-refractivity contribution in [2.75, 3.05) is 5.32 Å². The van der Waals surface area contributed by atoms with Crippen LogP contribution >= 0.6 is 0 Å². The minimum Gasteiger partial charge on any atom is -0.478 e. The van der Waals surface area contributed by atoms with Crippen molar-refractivity contribution in [2.24, 2.45) is 5.92 Å². The molecule has 0 bridgehead atoms. The highest BCUT2D eigenvalue weighted by atomic mass is 19.3. The summed E-state index contributed by atoms with van der Waals surface area (Å²) in [5.41, 5.74) is 0.808. The Labute approximate surface area is 149 Å². The molecule has 6 nitrogen and oxygen atoms in total. The Hall–Kier alpha value is -2.77. The van der Waals surface area contributed by atoms with Gasteiger partial charge in [0.2, 0.25) is 0 Å². The van der Waals surface area contributed by atoms with Crippen LogP contribution in [0, 0.1) is 19.8 Å². The number of benzene rings is 1. The van der Waals surface area contributed by atoms with E-state index in [4.69, 9.17) is 0 Å². The molecule has 26 heavy (non-hydrogen) atoms. The van der Waals surface area contributed by atoms with Crippen LogP contribution in [0.2, 0.25) is 0 Å². The van der Waals surface area contributed by atoms with Crippen LogP contribution < -0.4 is 5.32 Å². The fourth-order valence-corrected chi connectivity index (χ4v) is 2.70. The van der Waals surface area contributed by atoms with Crippen LogP contribution in [0.25, 0.3) is 0 Å². The number of alkyl halides is 2. The van der Waals surface area contributed by atoms with Gasteiger partial charge in [-0.15, -0.1) is 0 Å². The van der Waals surface area contributed by atoms with Crippen molar-refractivity contribution in [3.05, 3.63) is 46.3 Å². The third kappa shape index (κ3) is 4.07. The van der Waals surface area contributed by atoms with Crippen molar-refractivity contribution >= 4 is 17.6 Å². The van der Waals surface area contributed by atoms with E-state index < -0.39 is 24.0 Å². The molecule has 0 spiro atoms. The van der Waals surface area contributed by atoms with Crippen molar-refractivity contribution < 1.29 is 23.5 Å². The number of rotatable bonds is 6. The number of carbonyl (C=O) groups is 2. The summed E-state index contributed by atoms with van der Waals surface area (Å²) >= 11 is 0. The summed E-state index contributed by atoms with van der Waals surface area (Å²) in [6.45, 7) is 7.33. The minimum absolute atomic E-state index is 0.0375. The van der Waals surface area contributed by atoms with Gasteiger partial charge < -0.3 is 10.4 Å². The monoisotopic (exact) mass is 365 g/mol. The van der Waals surface area contributed by atoms with E-state index in [1.54, 1.807) is 19.9 Å². The van der Waals surface area contributed by atoms with Gasteiger partial charge in [-0.2, -0.15) is 5.10 Å². The molecule has 0 saturated carbocycles. The molecule has 0 saturated heterocycles. The number of nitrogens with one attached hydrogen (secondary N) is 1. The zero-order valence-corrected chi connectivity index (χ0v) is 15.0. The number of nitrogens with zero attached hydrogens (tertiary/aromatic N) is 2. The first-order valence-corrected chi connectivity index (χ1v) is 8.11. The number of hydrogen-bond acceptors (Lipinski definition) is 3. The van der Waals surface area contributed by atoms with Gasteiger partial charge in [0.25, 0.3) is 12.3 Å². The van der Waals surface area contributed by atoms with Crippen LogP contribution in [0.5, 0.6) is 0 Å². The van der Waals surface area contributed by atoms with Gasteiger partial charge in [0, 0.05) is 12.2 Å². The summed E-state index contributed by atoms with van der Waals surface area (Å²) in [5.74, 6) is -1.80. The molecule has 2 rings (SSSR count). The molecule has 0 fully saturated rings. The van der Waals surface area contributed by atoms with E-state index in [1.807, 2.05) is 13.8 Å². The lowest BCUT2D eigenvalue weighted by molar-refractivity contribution is 0.0695. The molecule has 0 aliphatic heterocycles. The maximum absolute atomic E-state index is 13.5. The fourth-order valence-electron chi connectivity index (χ4n) is 2.70. The first-order chi connectivity index (χ1) is 12.1. The van der Waals surface area contributed by atoms with Crippen molar-refractivity contribution in [3.63, 3.8) is 0 Å². The Morgan fingerprint density at radius 3 is 2.38 bits per heavy atom. The Bertz CT molecular complexity index is 844. The summed E-state index contributed by atoms with van der Waals surface area (Å²) in [7, 11) is 0. The normalized spacial score (nSPS) is 11.2. The van der Waals surface area contributed by atoms with Gasteiger partial charge in [0.1, 0.15) is 5.69 Å². The summed E-state index contributed by atoms with van der Waals surface area (Å²) in [6.07, 6.45) is -1.74. The molecule has 0 radical (unpaired) electrons. The Kier molecular flexibility index (Phi) is 5.74. The van der Waals surface area contributed by atoms with Gasteiger partial charge in [0.15, 0.2) is 0 Å². The van der Waals surface area contributed by atoms with Crippen LogP contribution in [0.15, 0.2) is 18.3 Å². The molecule has 0 aliphatic carbocycles. The van der Waals surface area contributed by atoms with Crippen LogP contribution in [0.4, 0.5) is 14.5 Å². The smallest absolute Gasteiger partial charge is 0.336 e. The van der Waals surface area contributed by atoms with E-state index >= 15 is 0 Å². The number of aromatic nitrogens is 2. The number of carbonyl (C=O) groups excluding carboxylic acids is 1. The Morgan fingerprint density at radius 1 is 1.19 bits per heavy atom. The third-order valence-electron chi connectivity index (χ3n) is 3.92. The molecular formula is C18H21F2N3O3. The standard InChI is InChI=1S/C18H21F2N3O3/c1-9(2)8-23-15(16(19)20)13(7-21-23)17(24)22-14-6-12(18(25)26)10(3)5-11(14)4/h5-7,9,16H,8H2,1-4H3,(H,22,24)(H,25,26). The van der Waals surface area contributed by atoms with Crippen molar-refractivity contribution in [2.45, 2.75) is 40.7 Å². The molecule has 1 aromatic heterocycles. The molecule has 1 amide bonds. The van der Waals surface area contributed by atoms with Gasteiger partial charge in [-0.05, 0) is 37.0 Å². The average Bonchev–Trinajstić information content (AvgIpc) is 2.92. The van der Waals surface area contributed by atoms with Gasteiger partial charge in [0.05, 0.1) is 17.3 Å². The molecule has 1 heterocycles. The van der Waals surface area contributed by atoms with E-state index in [0.29, 0.717) is 11.1 Å². The summed E-state index contributed by atoms with van der Waals surface area (Å²) in [5, 5.41) is 15.6. The predicted octanol–water partition coefficient (Wildman–Crippen LogP) is 4.04. The molecule has 1 aromatic carbocycles. The number of hydrogen-bond donors (Lipinski definition) is 2. The highest BCUT2D eigenvalue weighted by Crippen LogP contribution is 2.26. The van der Waals surface area contributed by atoms with E-state index in [0.717, 1.165) is 10.9 Å². The van der Waals surface area contributed by atoms with E-state index in [9.17, 15) is 23.5 Å². The Morgan fingerprint density at radius 2 is 1.85 bits per heavy atom. The summed E-state index contributed by atoms with van der Waals surface area (Å²) in [6, 6.07) is 2.95. The highest BCUT2D eigenvalue weighted by molar-refractivity contribution is 6.06. The molecule has 0 unspecified atom stereocenters. The first kappa shape index (κ1) is 19.6. The lowest BCUT2D eigenvalue weighted by atomic mass is 10.0. The minimum atomic E-state index is -2.86. The van der Waals surface area contributed by atoms with Gasteiger partial charge in [-0.1, -0.05) is 19.9 Å². The number of carboxylic acids is 1. The van der Waals surface area contributed by atoms with Crippen LogP contribution in [0.1, 0.15) is 57.8 Å². The lowest BCUT2D eigenvalue weighted by Crippen LogP contribution is -2.17. The van der Waals surface area contributed by atoms with Gasteiger partial charge in [-0.25, -0.2) is 13.6 Å². The van der Waals surface area contributed by atoms with Gasteiger partial charge in [-0.3, -0.25) is 9.48 Å². The van der Waals surface area contributed by atoms with Crippen molar-refractivity contribution in [1.29, 1.82) is 0 Å².